The molecule has 7 nitrogen and oxygen atoms in total. The average Bonchev–Trinajstić information content (AvgIpc) is 2.97. The first-order valence-corrected chi connectivity index (χ1v) is 15.2. The minimum atomic E-state index is -1.67. The number of nitrogens with zero attached hydrogens (tertiary/aromatic N) is 1. The Morgan fingerprint density at radius 3 is 2.12 bits per heavy atom. The lowest BCUT2D eigenvalue weighted by atomic mass is 9.96. The van der Waals surface area contributed by atoms with Crippen molar-refractivity contribution >= 4 is 29.6 Å². The van der Waals surface area contributed by atoms with Crippen LogP contribution in [0.2, 0.25) is 0 Å². The van der Waals surface area contributed by atoms with Crippen LogP contribution in [0.5, 0.6) is 0 Å². The predicted octanol–water partition coefficient (Wildman–Crippen LogP) is 5.63. The number of aryl methyl sites for hydroxylation is 2. The maximum atomic E-state index is 12.2. The first-order chi connectivity index (χ1) is 19.4. The number of carbonyl (C=O) groups excluding carboxylic acids is 2. The van der Waals surface area contributed by atoms with E-state index >= 15 is 0 Å². The topological polar surface area (TPSA) is 104 Å². The summed E-state index contributed by atoms with van der Waals surface area (Å²) in [5.74, 6) is 0.0398. The summed E-state index contributed by atoms with van der Waals surface area (Å²) in [7, 11) is 0. The Morgan fingerprint density at radius 2 is 1.50 bits per heavy atom. The molecule has 0 saturated heterocycles. The van der Waals surface area contributed by atoms with E-state index < -0.39 is 17.3 Å². The molecule has 218 valence electrons. The van der Waals surface area contributed by atoms with Crippen molar-refractivity contribution in [3.63, 3.8) is 0 Å². The molecular weight excluding hydrogens is 526 g/mol. The Bertz CT molecular complexity index is 1080. The zero-order chi connectivity index (χ0) is 29.2. The third-order valence-corrected chi connectivity index (χ3v) is 8.20. The largest absolute Gasteiger partial charge is 0.479 e. The lowest BCUT2D eigenvalue weighted by Gasteiger charge is -2.23. The van der Waals surface area contributed by atoms with E-state index in [1.54, 1.807) is 10.8 Å². The average molecular weight is 570 g/mol. The Balaban J connectivity index is 1.90. The van der Waals surface area contributed by atoms with Crippen LogP contribution in [0.15, 0.2) is 60.4 Å². The van der Waals surface area contributed by atoms with Crippen molar-refractivity contribution in [3.05, 3.63) is 77.0 Å². The van der Waals surface area contributed by atoms with Gasteiger partial charge in [-0.15, -0.1) is 11.8 Å². The molecule has 0 saturated carbocycles. The monoisotopic (exact) mass is 569 g/mol. The number of hydrogen-bond donors (Lipinski definition) is 2. The highest BCUT2D eigenvalue weighted by Gasteiger charge is 2.30. The Hall–Kier alpha value is -3.06. The number of unbranched alkanes of at least 4 members (excludes halogenated alkanes) is 5. The van der Waals surface area contributed by atoms with Gasteiger partial charge in [0.2, 0.25) is 0 Å². The van der Waals surface area contributed by atoms with Crippen molar-refractivity contribution in [2.24, 2.45) is 0 Å². The van der Waals surface area contributed by atoms with Gasteiger partial charge >= 0.3 is 5.97 Å². The summed E-state index contributed by atoms with van der Waals surface area (Å²) in [5, 5.41) is 19.3. The smallest absolute Gasteiger partial charge is 0.334 e. The lowest BCUT2D eigenvalue weighted by Crippen LogP contribution is -2.33. The zero-order valence-electron chi connectivity index (χ0n) is 23.7. The molecule has 2 unspecified atom stereocenters. The minimum absolute atomic E-state index is 0.0125. The van der Waals surface area contributed by atoms with Crippen LogP contribution < -0.4 is 0 Å². The third-order valence-electron chi connectivity index (χ3n) is 6.90. The van der Waals surface area contributed by atoms with E-state index in [-0.39, 0.29) is 24.0 Å². The second kappa shape index (κ2) is 19.1. The lowest BCUT2D eigenvalue weighted by molar-refractivity contribution is -0.146. The number of ether oxygens (including phenoxy) is 1. The number of aliphatic hydroxyl groups is 1. The fraction of sp³-hybridized carbons (Fsp3) is 0.500. The molecule has 40 heavy (non-hydrogen) atoms. The number of aliphatic hydroxyl groups excluding tert-OH is 1. The summed E-state index contributed by atoms with van der Waals surface area (Å²) in [6.45, 7) is 4.49. The van der Waals surface area contributed by atoms with E-state index in [1.165, 1.54) is 24.8 Å². The Morgan fingerprint density at radius 1 is 0.900 bits per heavy atom. The van der Waals surface area contributed by atoms with Crippen molar-refractivity contribution in [1.29, 1.82) is 0 Å². The van der Waals surface area contributed by atoms with E-state index in [0.717, 1.165) is 55.0 Å². The number of carboxylic acids is 1. The second-order valence-electron chi connectivity index (χ2n) is 9.70. The second-order valence-corrected chi connectivity index (χ2v) is 10.8. The number of benzene rings is 2. The molecule has 0 spiro atoms. The number of likely N-dealkylation sites (N-methyl/N-ethyl adjacent to an activating group) is 1. The summed E-state index contributed by atoms with van der Waals surface area (Å²) < 4.78 is 5.39. The SMILES string of the molecule is CCN(CC)C(=O)COC(=C=O)CSC(c1ccccc1CCCCCCCCc1ccccc1)C(O)C(=O)O. The molecule has 0 bridgehead atoms. The molecule has 2 rings (SSSR count). The van der Waals surface area contributed by atoms with Gasteiger partial charge in [0.15, 0.2) is 24.4 Å². The van der Waals surface area contributed by atoms with Crippen LogP contribution in [0.25, 0.3) is 0 Å². The van der Waals surface area contributed by atoms with Crippen LogP contribution in [0.4, 0.5) is 0 Å². The molecule has 0 fully saturated rings. The van der Waals surface area contributed by atoms with Crippen LogP contribution >= 0.6 is 11.8 Å². The molecule has 2 aromatic rings. The maximum absolute atomic E-state index is 12.2. The molecule has 0 aliphatic heterocycles. The molecule has 2 atom stereocenters. The van der Waals surface area contributed by atoms with Gasteiger partial charge in [-0.05, 0) is 56.2 Å². The fourth-order valence-electron chi connectivity index (χ4n) is 4.60. The van der Waals surface area contributed by atoms with Crippen molar-refractivity contribution in [2.75, 3.05) is 25.4 Å². The maximum Gasteiger partial charge on any atom is 0.334 e. The number of amides is 1. The van der Waals surface area contributed by atoms with Crippen LogP contribution in [-0.2, 0) is 32.0 Å². The fourth-order valence-corrected chi connectivity index (χ4v) is 5.78. The molecular formula is C32H43NO6S. The zero-order valence-corrected chi connectivity index (χ0v) is 24.5. The highest BCUT2D eigenvalue weighted by Crippen LogP contribution is 2.36. The quantitative estimate of drug-likeness (QED) is 0.121. The first-order valence-electron chi connectivity index (χ1n) is 14.2. The summed E-state index contributed by atoms with van der Waals surface area (Å²) in [6, 6.07) is 18.1. The number of carbonyl (C=O) groups is 2. The molecule has 2 aromatic carbocycles. The molecule has 0 aromatic heterocycles. The van der Waals surface area contributed by atoms with Crippen LogP contribution in [-0.4, -0.2) is 64.5 Å². The van der Waals surface area contributed by atoms with E-state index in [9.17, 15) is 24.6 Å². The van der Waals surface area contributed by atoms with Gasteiger partial charge in [0.05, 0.1) is 11.0 Å². The summed E-state index contributed by atoms with van der Waals surface area (Å²) in [4.78, 5) is 37.0. The Kier molecular flexibility index (Phi) is 15.8. The molecule has 2 N–H and O–H groups in total. The highest BCUT2D eigenvalue weighted by atomic mass is 32.2. The van der Waals surface area contributed by atoms with Gasteiger partial charge in [0.25, 0.3) is 5.91 Å². The summed E-state index contributed by atoms with van der Waals surface area (Å²) >= 11 is 1.10. The number of carboxylic acid groups (broad SMARTS) is 1. The molecule has 0 heterocycles. The van der Waals surface area contributed by atoms with Gasteiger partial charge in [0, 0.05) is 13.1 Å². The Labute approximate surface area is 242 Å². The van der Waals surface area contributed by atoms with E-state index in [0.29, 0.717) is 13.1 Å². The molecule has 1 amide bonds. The van der Waals surface area contributed by atoms with Crippen molar-refractivity contribution in [1.82, 2.24) is 4.90 Å². The first kappa shape index (κ1) is 33.1. The van der Waals surface area contributed by atoms with Crippen molar-refractivity contribution in [3.8, 4) is 0 Å². The van der Waals surface area contributed by atoms with Gasteiger partial charge < -0.3 is 19.8 Å². The van der Waals surface area contributed by atoms with Crippen molar-refractivity contribution < 1.29 is 29.3 Å². The van der Waals surface area contributed by atoms with E-state index in [1.807, 2.05) is 44.2 Å². The normalized spacial score (nSPS) is 12.3. The van der Waals surface area contributed by atoms with Crippen molar-refractivity contribution in [2.45, 2.75) is 76.6 Å². The van der Waals surface area contributed by atoms with Gasteiger partial charge in [-0.25, -0.2) is 9.59 Å². The van der Waals surface area contributed by atoms with Crippen LogP contribution in [0.3, 0.4) is 0 Å². The molecule has 0 aliphatic rings. The van der Waals surface area contributed by atoms with Gasteiger partial charge in [0.1, 0.15) is 0 Å². The number of rotatable bonds is 20. The third kappa shape index (κ3) is 11.6. The number of aliphatic carboxylic acids is 1. The molecule has 0 radical (unpaired) electrons. The molecule has 0 aliphatic carbocycles. The highest BCUT2D eigenvalue weighted by molar-refractivity contribution is 7.99. The van der Waals surface area contributed by atoms with Gasteiger partial charge in [-0.2, -0.15) is 0 Å². The van der Waals surface area contributed by atoms with Crippen LogP contribution in [0, 0.1) is 0 Å². The number of thioether (sulfide) groups is 1. The standard InChI is InChI=1S/C32H43NO6S/c1-3-33(4-2)29(35)23-39-27(22-34)24-40-31(30(36)32(37)38)28-21-15-14-20-26(28)19-13-8-6-5-7-10-16-25-17-11-9-12-18-25/h9,11-12,14-15,17-18,20-21,30-31,36H,3-8,10,13,16,19,23-24H2,1-2H3,(H,37,38). The number of hydrogen-bond acceptors (Lipinski definition) is 6. The predicted molar refractivity (Wildman–Crippen MR) is 160 cm³/mol. The molecule has 8 heteroatoms. The van der Waals surface area contributed by atoms with E-state index in [2.05, 4.69) is 24.3 Å². The van der Waals surface area contributed by atoms with E-state index in [4.69, 9.17) is 4.74 Å². The minimum Gasteiger partial charge on any atom is -0.479 e. The summed E-state index contributed by atoms with van der Waals surface area (Å²) in [6.07, 6.45) is 6.96. The summed E-state index contributed by atoms with van der Waals surface area (Å²) in [5.41, 5.74) is 3.10. The van der Waals surface area contributed by atoms with Crippen LogP contribution in [0.1, 0.15) is 74.3 Å². The van der Waals surface area contributed by atoms with Gasteiger partial charge in [-0.1, -0.05) is 80.3 Å². The van der Waals surface area contributed by atoms with Gasteiger partial charge in [-0.3, -0.25) is 4.79 Å².